The number of benzene rings is 1. The number of carboxylic acids is 1. The summed E-state index contributed by atoms with van der Waals surface area (Å²) >= 11 is 3.83. The van der Waals surface area contributed by atoms with Gasteiger partial charge in [0.1, 0.15) is 0 Å². The normalized spacial score (nSPS) is 10.3. The van der Waals surface area contributed by atoms with E-state index in [2.05, 4.69) is 27.9 Å². The van der Waals surface area contributed by atoms with Gasteiger partial charge in [-0.05, 0) is 46.9 Å². The van der Waals surface area contributed by atoms with Crippen LogP contribution in [0.4, 0.5) is 5.69 Å². The standard InChI is InChI=1S/C13H12INO2S/c14-11-3-1-2-4-12(11)15-8-10-6-5-9(18-10)7-13(16)17/h1-6,15H,7-8H2,(H,16,17). The fourth-order valence-electron chi connectivity index (χ4n) is 1.55. The molecule has 0 bridgehead atoms. The lowest BCUT2D eigenvalue weighted by atomic mass is 10.3. The van der Waals surface area contributed by atoms with Crippen molar-refractivity contribution in [2.24, 2.45) is 0 Å². The Hall–Kier alpha value is -1.08. The average molecular weight is 373 g/mol. The number of carbonyl (C=O) groups is 1. The lowest BCUT2D eigenvalue weighted by Gasteiger charge is -2.06. The van der Waals surface area contributed by atoms with Gasteiger partial charge < -0.3 is 10.4 Å². The van der Waals surface area contributed by atoms with Gasteiger partial charge in [0.2, 0.25) is 0 Å². The van der Waals surface area contributed by atoms with E-state index in [-0.39, 0.29) is 6.42 Å². The molecule has 0 saturated carbocycles. The summed E-state index contributed by atoms with van der Waals surface area (Å²) in [5.41, 5.74) is 1.10. The summed E-state index contributed by atoms with van der Waals surface area (Å²) in [7, 11) is 0. The van der Waals surface area contributed by atoms with Gasteiger partial charge in [-0.1, -0.05) is 12.1 Å². The summed E-state index contributed by atoms with van der Waals surface area (Å²) in [6.07, 6.45) is 0.105. The molecule has 0 saturated heterocycles. The monoisotopic (exact) mass is 373 g/mol. The van der Waals surface area contributed by atoms with Crippen molar-refractivity contribution in [2.75, 3.05) is 5.32 Å². The molecule has 2 aromatic rings. The summed E-state index contributed by atoms with van der Waals surface area (Å²) in [5, 5.41) is 12.1. The molecule has 1 aromatic carbocycles. The molecule has 1 aromatic heterocycles. The number of aliphatic carboxylic acids is 1. The van der Waals surface area contributed by atoms with Gasteiger partial charge >= 0.3 is 5.97 Å². The van der Waals surface area contributed by atoms with E-state index < -0.39 is 5.97 Å². The maximum atomic E-state index is 10.6. The largest absolute Gasteiger partial charge is 0.481 e. The van der Waals surface area contributed by atoms with Crippen LogP contribution in [0.3, 0.4) is 0 Å². The molecule has 0 aliphatic carbocycles. The molecule has 0 radical (unpaired) electrons. The SMILES string of the molecule is O=C(O)Cc1ccc(CNc2ccccc2I)s1. The highest BCUT2D eigenvalue weighted by molar-refractivity contribution is 14.1. The quantitative estimate of drug-likeness (QED) is 0.788. The highest BCUT2D eigenvalue weighted by atomic mass is 127. The smallest absolute Gasteiger partial charge is 0.308 e. The van der Waals surface area contributed by atoms with Gasteiger partial charge in [-0.15, -0.1) is 11.3 Å². The summed E-state index contributed by atoms with van der Waals surface area (Å²) < 4.78 is 1.18. The summed E-state index contributed by atoms with van der Waals surface area (Å²) in [5.74, 6) is -0.783. The molecule has 3 nitrogen and oxygen atoms in total. The molecule has 0 unspecified atom stereocenters. The van der Waals surface area contributed by atoms with Crippen molar-refractivity contribution in [1.29, 1.82) is 0 Å². The third-order valence-electron chi connectivity index (χ3n) is 2.37. The number of thiophene rings is 1. The van der Waals surface area contributed by atoms with Crippen molar-refractivity contribution in [3.8, 4) is 0 Å². The van der Waals surface area contributed by atoms with E-state index in [4.69, 9.17) is 5.11 Å². The van der Waals surface area contributed by atoms with Crippen LogP contribution in [0.5, 0.6) is 0 Å². The number of rotatable bonds is 5. The minimum atomic E-state index is -0.783. The number of halogens is 1. The van der Waals surface area contributed by atoms with E-state index in [0.29, 0.717) is 0 Å². The van der Waals surface area contributed by atoms with Crippen LogP contribution in [-0.2, 0) is 17.8 Å². The fourth-order valence-corrected chi connectivity index (χ4v) is 3.08. The van der Waals surface area contributed by atoms with Crippen LogP contribution < -0.4 is 5.32 Å². The topological polar surface area (TPSA) is 49.3 Å². The van der Waals surface area contributed by atoms with Gasteiger partial charge in [-0.2, -0.15) is 0 Å². The van der Waals surface area contributed by atoms with E-state index in [1.54, 1.807) is 11.3 Å². The van der Waals surface area contributed by atoms with E-state index in [9.17, 15) is 4.79 Å². The number of nitrogens with one attached hydrogen (secondary N) is 1. The predicted octanol–water partition coefficient (Wildman–Crippen LogP) is 3.59. The minimum Gasteiger partial charge on any atom is -0.481 e. The van der Waals surface area contributed by atoms with Crippen molar-refractivity contribution in [2.45, 2.75) is 13.0 Å². The molecule has 1 heterocycles. The Bertz CT molecular complexity index is 553. The summed E-state index contributed by atoms with van der Waals surface area (Å²) in [6, 6.07) is 11.9. The second-order valence-electron chi connectivity index (χ2n) is 3.77. The van der Waals surface area contributed by atoms with Gasteiger partial charge in [0.05, 0.1) is 6.42 Å². The molecule has 0 fully saturated rings. The molecule has 2 N–H and O–H groups in total. The van der Waals surface area contributed by atoms with E-state index in [1.807, 2.05) is 36.4 Å². The van der Waals surface area contributed by atoms with E-state index >= 15 is 0 Å². The third-order valence-corrected chi connectivity index (χ3v) is 4.40. The van der Waals surface area contributed by atoms with Crippen LogP contribution in [0.15, 0.2) is 36.4 Å². The first-order valence-electron chi connectivity index (χ1n) is 5.43. The van der Waals surface area contributed by atoms with Crippen LogP contribution in [-0.4, -0.2) is 11.1 Å². The number of carboxylic acid groups (broad SMARTS) is 1. The zero-order chi connectivity index (χ0) is 13.0. The molecular formula is C13H12INO2S. The molecule has 0 atom stereocenters. The Morgan fingerprint density at radius 1 is 1.22 bits per heavy atom. The molecule has 18 heavy (non-hydrogen) atoms. The first-order chi connectivity index (χ1) is 8.65. The Morgan fingerprint density at radius 2 is 1.94 bits per heavy atom. The molecule has 2 rings (SSSR count). The molecule has 0 aliphatic heterocycles. The van der Waals surface area contributed by atoms with Crippen LogP contribution in [0.1, 0.15) is 9.75 Å². The second kappa shape index (κ2) is 6.19. The highest BCUT2D eigenvalue weighted by Crippen LogP contribution is 2.21. The van der Waals surface area contributed by atoms with Crippen LogP contribution in [0.25, 0.3) is 0 Å². The van der Waals surface area contributed by atoms with Crippen molar-refractivity contribution >= 4 is 45.6 Å². The maximum absolute atomic E-state index is 10.6. The highest BCUT2D eigenvalue weighted by Gasteiger charge is 2.05. The zero-order valence-electron chi connectivity index (χ0n) is 9.52. The molecule has 94 valence electrons. The first-order valence-corrected chi connectivity index (χ1v) is 7.32. The van der Waals surface area contributed by atoms with Crippen LogP contribution in [0.2, 0.25) is 0 Å². The predicted molar refractivity (Wildman–Crippen MR) is 82.1 cm³/mol. The summed E-state index contributed by atoms with van der Waals surface area (Å²) in [4.78, 5) is 12.6. The van der Waals surface area contributed by atoms with Gasteiger partial charge in [0.15, 0.2) is 0 Å². The van der Waals surface area contributed by atoms with Crippen molar-refractivity contribution in [3.05, 3.63) is 49.7 Å². The van der Waals surface area contributed by atoms with Crippen molar-refractivity contribution < 1.29 is 9.90 Å². The number of anilines is 1. The zero-order valence-corrected chi connectivity index (χ0v) is 12.5. The second-order valence-corrected chi connectivity index (χ2v) is 6.19. The van der Waals surface area contributed by atoms with Gasteiger partial charge in [0.25, 0.3) is 0 Å². The van der Waals surface area contributed by atoms with Gasteiger partial charge in [-0.3, -0.25) is 4.79 Å². The minimum absolute atomic E-state index is 0.105. The Labute approximate surface area is 123 Å². The van der Waals surface area contributed by atoms with Crippen molar-refractivity contribution in [3.63, 3.8) is 0 Å². The lowest BCUT2D eigenvalue weighted by molar-refractivity contribution is -0.136. The summed E-state index contributed by atoms with van der Waals surface area (Å²) in [6.45, 7) is 0.726. The Kier molecular flexibility index (Phi) is 4.60. The third kappa shape index (κ3) is 3.71. The number of hydrogen-bond acceptors (Lipinski definition) is 3. The van der Waals surface area contributed by atoms with Crippen molar-refractivity contribution in [1.82, 2.24) is 0 Å². The molecular weight excluding hydrogens is 361 g/mol. The van der Waals surface area contributed by atoms with E-state index in [0.717, 1.165) is 22.0 Å². The van der Waals surface area contributed by atoms with Crippen LogP contribution in [0, 0.1) is 3.57 Å². The Balaban J connectivity index is 1.96. The average Bonchev–Trinajstić information content (AvgIpc) is 2.75. The molecule has 0 amide bonds. The number of para-hydroxylation sites is 1. The molecule has 5 heteroatoms. The Morgan fingerprint density at radius 3 is 2.67 bits per heavy atom. The number of hydrogen-bond donors (Lipinski definition) is 2. The van der Waals surface area contributed by atoms with Gasteiger partial charge in [-0.25, -0.2) is 0 Å². The first kappa shape index (κ1) is 13.4. The van der Waals surface area contributed by atoms with Crippen LogP contribution >= 0.6 is 33.9 Å². The lowest BCUT2D eigenvalue weighted by Crippen LogP contribution is -1.99. The fraction of sp³-hybridized carbons (Fsp3) is 0.154. The molecule has 0 spiro atoms. The molecule has 0 aliphatic rings. The maximum Gasteiger partial charge on any atom is 0.308 e. The van der Waals surface area contributed by atoms with E-state index in [1.165, 1.54) is 3.57 Å². The van der Waals surface area contributed by atoms with Gasteiger partial charge in [0, 0.05) is 25.6 Å².